The van der Waals surface area contributed by atoms with E-state index in [0.717, 1.165) is 0 Å². The Balaban J connectivity index is 1.75. The van der Waals surface area contributed by atoms with Crippen LogP contribution in [-0.2, 0) is 19.8 Å². The van der Waals surface area contributed by atoms with Gasteiger partial charge in [0.05, 0.1) is 30.7 Å². The number of ether oxygens (including phenoxy) is 1. The largest absolute Gasteiger partial charge is 0.497 e. The van der Waals surface area contributed by atoms with Crippen molar-refractivity contribution >= 4 is 29.1 Å². The number of methoxy groups -OCH3 is 1. The third-order valence-corrected chi connectivity index (χ3v) is 5.38. The number of piperidine rings is 1. The van der Waals surface area contributed by atoms with Crippen molar-refractivity contribution in [2.24, 2.45) is 5.73 Å². The number of nitrogens with zero attached hydrogens (tertiary/aromatic N) is 2. The van der Waals surface area contributed by atoms with Crippen LogP contribution < -0.4 is 21.1 Å². The Hall–Kier alpha value is -3.46. The Morgan fingerprint density at radius 1 is 1.19 bits per heavy atom. The van der Waals surface area contributed by atoms with E-state index in [9.17, 15) is 14.4 Å². The molecule has 2 aromatic rings. The second-order valence-electron chi connectivity index (χ2n) is 7.62. The first-order valence-electron chi connectivity index (χ1n) is 10.0. The molecule has 1 aliphatic heterocycles. The van der Waals surface area contributed by atoms with Crippen molar-refractivity contribution in [2.45, 2.75) is 25.2 Å². The number of hydrogen-bond donors (Lipinski definition) is 3. The summed E-state index contributed by atoms with van der Waals surface area (Å²) in [5.41, 5.74) is 6.38. The number of likely N-dealkylation sites (tertiary alicyclic amines) is 1. The molecule has 1 aliphatic rings. The zero-order valence-corrected chi connectivity index (χ0v) is 17.7. The fourth-order valence-corrected chi connectivity index (χ4v) is 3.91. The minimum atomic E-state index is -0.933. The smallest absolute Gasteiger partial charge is 0.238 e. The van der Waals surface area contributed by atoms with Gasteiger partial charge in [0.25, 0.3) is 0 Å². The number of anilines is 2. The van der Waals surface area contributed by atoms with Crippen molar-refractivity contribution in [3.63, 3.8) is 0 Å². The number of aromatic nitrogens is 1. The number of amides is 3. The molecule has 1 atom stereocenters. The molecule has 9 nitrogen and oxygen atoms in total. The van der Waals surface area contributed by atoms with Crippen molar-refractivity contribution in [1.82, 2.24) is 9.88 Å². The summed E-state index contributed by atoms with van der Waals surface area (Å²) in [5, 5.41) is 5.52. The Bertz CT molecular complexity index is 966. The molecule has 164 valence electrons. The lowest BCUT2D eigenvalue weighted by atomic mass is 9.76. The van der Waals surface area contributed by atoms with Crippen molar-refractivity contribution < 1.29 is 19.1 Å². The molecule has 3 amide bonds. The zero-order valence-electron chi connectivity index (χ0n) is 17.7. The maximum Gasteiger partial charge on any atom is 0.238 e. The molecule has 3 rings (SSSR count). The molecule has 1 saturated heterocycles. The van der Waals surface area contributed by atoms with Gasteiger partial charge < -0.3 is 21.1 Å². The van der Waals surface area contributed by atoms with Gasteiger partial charge in [0.15, 0.2) is 0 Å². The second kappa shape index (κ2) is 9.57. The third kappa shape index (κ3) is 5.18. The van der Waals surface area contributed by atoms with Crippen LogP contribution in [0.15, 0.2) is 42.6 Å². The zero-order chi connectivity index (χ0) is 22.4. The number of nitrogens with two attached hydrogens (primary N) is 1. The van der Waals surface area contributed by atoms with Gasteiger partial charge in [-0.1, -0.05) is 6.07 Å². The lowest BCUT2D eigenvalue weighted by Gasteiger charge is -2.40. The van der Waals surface area contributed by atoms with Gasteiger partial charge in [0.1, 0.15) is 11.2 Å². The first kappa shape index (κ1) is 22.2. The summed E-state index contributed by atoms with van der Waals surface area (Å²) in [7, 11) is 1.52. The van der Waals surface area contributed by atoms with E-state index in [1.807, 2.05) is 11.0 Å². The molecule has 4 N–H and O–H groups in total. The Labute approximate surface area is 181 Å². The molecule has 0 aliphatic carbocycles. The SMILES string of the molecule is COc1ccc(NC(C)=O)c(NC(=O)CN2CCC[C@](C(N)=O)(c3ccccn3)C2)c1. The maximum atomic E-state index is 12.8. The molecule has 2 heterocycles. The lowest BCUT2D eigenvalue weighted by molar-refractivity contribution is -0.127. The molecular weight excluding hydrogens is 398 g/mol. The summed E-state index contributed by atoms with van der Waals surface area (Å²) in [6.45, 7) is 2.43. The maximum absolute atomic E-state index is 12.8. The Morgan fingerprint density at radius 2 is 2.00 bits per heavy atom. The van der Waals surface area contributed by atoms with Crippen molar-refractivity contribution in [3.05, 3.63) is 48.3 Å². The topological polar surface area (TPSA) is 127 Å². The molecule has 1 fully saturated rings. The van der Waals surface area contributed by atoms with Crippen molar-refractivity contribution in [2.75, 3.05) is 37.4 Å². The van der Waals surface area contributed by atoms with E-state index in [-0.39, 0.29) is 18.4 Å². The Kier molecular flexibility index (Phi) is 6.86. The molecule has 0 saturated carbocycles. The minimum absolute atomic E-state index is 0.0680. The van der Waals surface area contributed by atoms with E-state index in [1.165, 1.54) is 14.0 Å². The monoisotopic (exact) mass is 425 g/mol. The fourth-order valence-electron chi connectivity index (χ4n) is 3.91. The standard InChI is InChI=1S/C22H27N5O4/c1-15(28)25-17-8-7-16(31-2)12-18(17)26-20(29)13-27-11-5-9-22(14-27,21(23)30)19-6-3-4-10-24-19/h3-4,6-8,10,12H,5,9,11,13-14H2,1-2H3,(H2,23,30)(H,25,28)(H,26,29)/t22-/m1/s1. The number of nitrogens with one attached hydrogen (secondary N) is 2. The van der Waals surface area contributed by atoms with Gasteiger partial charge in [-0.3, -0.25) is 24.3 Å². The molecule has 0 radical (unpaired) electrons. The predicted octanol–water partition coefficient (Wildman–Crippen LogP) is 1.51. The van der Waals surface area contributed by atoms with Crippen LogP contribution in [-0.4, -0.2) is 54.3 Å². The van der Waals surface area contributed by atoms with E-state index in [4.69, 9.17) is 10.5 Å². The Morgan fingerprint density at radius 3 is 2.65 bits per heavy atom. The molecule has 0 bridgehead atoms. The second-order valence-corrected chi connectivity index (χ2v) is 7.62. The highest BCUT2D eigenvalue weighted by Crippen LogP contribution is 2.33. The summed E-state index contributed by atoms with van der Waals surface area (Å²) in [6.07, 6.45) is 2.93. The fraction of sp³-hybridized carbons (Fsp3) is 0.364. The summed E-state index contributed by atoms with van der Waals surface area (Å²) >= 11 is 0. The van der Waals surface area contributed by atoms with E-state index < -0.39 is 11.3 Å². The molecule has 1 aromatic carbocycles. The lowest BCUT2D eigenvalue weighted by Crippen LogP contribution is -2.55. The molecule has 9 heteroatoms. The predicted molar refractivity (Wildman–Crippen MR) is 117 cm³/mol. The average Bonchev–Trinajstić information content (AvgIpc) is 2.75. The van der Waals surface area contributed by atoms with Crippen LogP contribution in [0.3, 0.4) is 0 Å². The molecule has 0 unspecified atom stereocenters. The van der Waals surface area contributed by atoms with Crippen LogP contribution in [0.1, 0.15) is 25.5 Å². The molecule has 0 spiro atoms. The number of primary amides is 1. The van der Waals surface area contributed by atoms with Gasteiger partial charge >= 0.3 is 0 Å². The number of benzene rings is 1. The average molecular weight is 425 g/mol. The van der Waals surface area contributed by atoms with Gasteiger partial charge in [-0.25, -0.2) is 0 Å². The number of carbonyl (C=O) groups excluding carboxylic acids is 3. The van der Waals surface area contributed by atoms with Crippen LogP contribution in [0.5, 0.6) is 5.75 Å². The van der Waals surface area contributed by atoms with Gasteiger partial charge in [-0.15, -0.1) is 0 Å². The van der Waals surface area contributed by atoms with Gasteiger partial charge in [-0.05, 0) is 43.7 Å². The van der Waals surface area contributed by atoms with E-state index >= 15 is 0 Å². The highest BCUT2D eigenvalue weighted by molar-refractivity contribution is 6.00. The molecule has 31 heavy (non-hydrogen) atoms. The number of hydrogen-bond acceptors (Lipinski definition) is 6. The minimum Gasteiger partial charge on any atom is -0.497 e. The van der Waals surface area contributed by atoms with Crippen LogP contribution in [0.25, 0.3) is 0 Å². The first-order chi connectivity index (χ1) is 14.8. The van der Waals surface area contributed by atoms with Crippen LogP contribution in [0.4, 0.5) is 11.4 Å². The van der Waals surface area contributed by atoms with E-state index in [2.05, 4.69) is 15.6 Å². The molecular formula is C22H27N5O4. The summed E-state index contributed by atoms with van der Waals surface area (Å²) in [5.74, 6) is -0.429. The molecule has 1 aromatic heterocycles. The summed E-state index contributed by atoms with van der Waals surface area (Å²) in [6, 6.07) is 10.4. The van der Waals surface area contributed by atoms with Gasteiger partial charge in [0, 0.05) is 25.7 Å². The summed E-state index contributed by atoms with van der Waals surface area (Å²) in [4.78, 5) is 42.9. The van der Waals surface area contributed by atoms with Crippen LogP contribution >= 0.6 is 0 Å². The van der Waals surface area contributed by atoms with Crippen LogP contribution in [0, 0.1) is 0 Å². The van der Waals surface area contributed by atoms with Gasteiger partial charge in [0.2, 0.25) is 17.7 Å². The normalized spacial score (nSPS) is 18.8. The van der Waals surface area contributed by atoms with Crippen LogP contribution in [0.2, 0.25) is 0 Å². The van der Waals surface area contributed by atoms with E-state index in [1.54, 1.807) is 36.5 Å². The third-order valence-electron chi connectivity index (χ3n) is 5.38. The number of carbonyl (C=O) groups is 3. The quantitative estimate of drug-likeness (QED) is 0.617. The highest BCUT2D eigenvalue weighted by atomic mass is 16.5. The van der Waals surface area contributed by atoms with E-state index in [0.29, 0.717) is 48.7 Å². The van der Waals surface area contributed by atoms with Crippen molar-refractivity contribution in [3.8, 4) is 5.75 Å². The number of pyridine rings is 1. The number of rotatable bonds is 7. The van der Waals surface area contributed by atoms with Crippen molar-refractivity contribution in [1.29, 1.82) is 0 Å². The highest BCUT2D eigenvalue weighted by Gasteiger charge is 2.43. The summed E-state index contributed by atoms with van der Waals surface area (Å²) < 4.78 is 5.22. The first-order valence-corrected chi connectivity index (χ1v) is 10.0. The van der Waals surface area contributed by atoms with Gasteiger partial charge in [-0.2, -0.15) is 0 Å².